The van der Waals surface area contributed by atoms with Gasteiger partial charge in [-0.05, 0) is 63.6 Å². The van der Waals surface area contributed by atoms with E-state index in [1.807, 2.05) is 13.0 Å². The summed E-state index contributed by atoms with van der Waals surface area (Å²) in [5.41, 5.74) is -1.31. The maximum atomic E-state index is 14.4. The highest BCUT2D eigenvalue weighted by Gasteiger charge is 2.65. The second-order valence-corrected chi connectivity index (χ2v) is 32.9. The monoisotopic (exact) mass is 1510 g/mol. The number of carbonyl (C=O) groups excluding carboxylic acids is 10. The van der Waals surface area contributed by atoms with Gasteiger partial charge in [0.2, 0.25) is 35.4 Å². The van der Waals surface area contributed by atoms with Gasteiger partial charge in [-0.2, -0.15) is 0 Å². The van der Waals surface area contributed by atoms with Gasteiger partial charge in [-0.15, -0.1) is 58.8 Å². The predicted molar refractivity (Wildman–Crippen MR) is 375 cm³/mol. The SMILES string of the molecule is COc1cc2cc(c1Cl)N(C)C(=O)C[C@H](OC(=O)[C@H](C)N(C)C(=O)CCSC1CC(=O)N(CCOCCOCCCC(=O)CCC(=O)N3C[C@H](CC(=O)C4SCSC4C(=O)O)C[C@H](NC(=O)C4SCSC4C(=O)O)C3)C1=O)[C@]1(C)O[C@H]1[C@H](C)[C@@H]1C[C@@](O)(NC(=O)O1)[C@H](OC)/C=C/C=C(\C)C2. The minimum atomic E-state index is -1.91. The van der Waals surface area contributed by atoms with Crippen molar-refractivity contribution in [3.05, 3.63) is 46.5 Å². The molecule has 7 heterocycles. The number of alkyl carbamates (subject to hydrolysis) is 1. The molecule has 100 heavy (non-hydrogen) atoms. The van der Waals surface area contributed by atoms with E-state index in [1.165, 1.54) is 85.2 Å². The lowest BCUT2D eigenvalue weighted by Crippen LogP contribution is -2.63. The number of ether oxygens (including phenoxy) is 7. The predicted octanol–water partition coefficient (Wildman–Crippen LogP) is 4.74. The first-order chi connectivity index (χ1) is 47.5. The van der Waals surface area contributed by atoms with E-state index in [9.17, 15) is 72.9 Å². The van der Waals surface area contributed by atoms with Crippen LogP contribution in [0.2, 0.25) is 5.02 Å². The molecule has 7 aliphatic heterocycles. The highest BCUT2D eigenvalue weighted by atomic mass is 35.5. The molecule has 7 amide bonds. The molecule has 8 rings (SSSR count). The van der Waals surface area contributed by atoms with Gasteiger partial charge in [-0.1, -0.05) is 42.3 Å². The smallest absolute Gasteiger partial charge is 0.409 e. The van der Waals surface area contributed by atoms with E-state index in [1.54, 1.807) is 38.1 Å². The van der Waals surface area contributed by atoms with E-state index in [0.29, 0.717) is 40.9 Å². The van der Waals surface area contributed by atoms with Crippen LogP contribution in [-0.2, 0) is 87.6 Å². The molecule has 6 saturated heterocycles. The molecule has 7 aliphatic rings. The van der Waals surface area contributed by atoms with Crippen molar-refractivity contribution in [1.29, 1.82) is 0 Å². The molecule has 1 aromatic rings. The third kappa shape index (κ3) is 20.4. The Labute approximate surface area is 606 Å². The number of Topliss-reactive ketones (excluding diaryl/α,β-unsaturated/α-hetero) is 2. The molecule has 0 aliphatic carbocycles. The van der Waals surface area contributed by atoms with Gasteiger partial charge >= 0.3 is 24.0 Å². The minimum Gasteiger partial charge on any atom is -0.495 e. The Morgan fingerprint density at radius 2 is 1.57 bits per heavy atom. The van der Waals surface area contributed by atoms with E-state index in [4.69, 9.17) is 44.8 Å². The number of amides is 7. The summed E-state index contributed by atoms with van der Waals surface area (Å²) >= 11 is 12.8. The molecule has 0 spiro atoms. The number of epoxide rings is 1. The van der Waals surface area contributed by atoms with Crippen molar-refractivity contribution in [2.75, 3.05) is 95.2 Å². The molecule has 6 fully saturated rings. The summed E-state index contributed by atoms with van der Waals surface area (Å²) in [4.78, 5) is 164. The van der Waals surface area contributed by atoms with Crippen LogP contribution in [0.3, 0.4) is 0 Å². The number of methoxy groups -OCH3 is 2. The fourth-order valence-corrected chi connectivity index (χ4v) is 20.4. The number of aliphatic hydroxyl groups is 1. The molecular formula is C66H89ClN6O22S5. The standard InChI is InChI=1S/C66H89ClN6O22S5/c1-35-11-9-13-47(90-8)66(88)30-45(93-64(87)69-66)36(2)58-65(4,95-58)48(29-51(78)71(6)42-25-38(23-35)27-44(89-7)53(42)67)94-63(86)37(3)70(5)49(76)16-22-96-46-28-52(79)73(60(46)81)17-19-92-21-20-91-18-10-12-41(74)14-15-50(77)72-31-39(26-43(75)54-56(61(82)83)99-33-97-54)24-40(32-72)68-59(80)55-57(62(84)85)100-34-98-55/h9,11,13,25,27,36-37,39-40,45-48,54-58,88H,10,12,14-24,26,28-34H2,1-8H3,(H,68,80)(H,69,87)(H,82,83)(H,84,85)/b13-9+,35-11+/t36-,37+,39+,40+,45+,46?,47-,48+,54?,55?,56?,57?,58+,65+,66+/m1/s1. The Bertz CT molecular complexity index is 3260. The zero-order valence-electron chi connectivity index (χ0n) is 57.0. The number of hydrogen-bond donors (Lipinski definition) is 5. The van der Waals surface area contributed by atoms with E-state index in [-0.39, 0.29) is 119 Å². The van der Waals surface area contributed by atoms with E-state index < -0.39 is 146 Å². The molecule has 28 nitrogen and oxygen atoms in total. The third-order valence-electron chi connectivity index (χ3n) is 18.9. The summed E-state index contributed by atoms with van der Waals surface area (Å²) < 4.78 is 40.8. The lowest BCUT2D eigenvalue weighted by molar-refractivity contribution is -0.162. The summed E-state index contributed by atoms with van der Waals surface area (Å²) in [7, 11) is 5.80. The van der Waals surface area contributed by atoms with Crippen LogP contribution in [0.5, 0.6) is 5.75 Å². The van der Waals surface area contributed by atoms with Crippen molar-refractivity contribution in [3.63, 3.8) is 0 Å². The zero-order chi connectivity index (χ0) is 72.9. The minimum absolute atomic E-state index is 0.0151. The number of piperidine rings is 1. The Kier molecular flexibility index (Phi) is 29.0. The molecule has 0 radical (unpaired) electrons. The van der Waals surface area contributed by atoms with Gasteiger partial charge in [0.1, 0.15) is 68.0 Å². The van der Waals surface area contributed by atoms with Crippen molar-refractivity contribution in [2.45, 2.75) is 172 Å². The quantitative estimate of drug-likeness (QED) is 0.0313. The number of anilines is 1. The molecule has 5 N–H and O–H groups in total. The number of rotatable bonds is 29. The number of thioether (sulfide) groups is 5. The van der Waals surface area contributed by atoms with Crippen LogP contribution < -0.4 is 20.3 Å². The van der Waals surface area contributed by atoms with Crippen LogP contribution in [0, 0.1) is 11.8 Å². The van der Waals surface area contributed by atoms with Crippen molar-refractivity contribution < 1.29 is 106 Å². The number of carboxylic acids is 2. The number of nitrogens with one attached hydrogen (secondary N) is 2. The second kappa shape index (κ2) is 36.2. The number of carboxylic acid groups (broad SMARTS) is 2. The van der Waals surface area contributed by atoms with Crippen LogP contribution in [0.15, 0.2) is 35.9 Å². The number of fused-ring (bicyclic) bond motifs is 5. The molecule has 552 valence electrons. The number of halogens is 1. The average Bonchev–Trinajstić information content (AvgIpc) is 1.57. The van der Waals surface area contributed by atoms with Gasteiger partial charge in [0.25, 0.3) is 0 Å². The lowest BCUT2D eigenvalue weighted by Gasteiger charge is -2.42. The molecular weight excluding hydrogens is 1420 g/mol. The number of nitrogens with zero attached hydrogens (tertiary/aromatic N) is 4. The van der Waals surface area contributed by atoms with Crippen LogP contribution in [0.25, 0.3) is 0 Å². The first-order valence-corrected chi connectivity index (χ1v) is 38.6. The Balaban J connectivity index is 0.751. The molecule has 15 atom stereocenters. The number of aliphatic carboxylic acids is 2. The number of hydrogen-bond acceptors (Lipinski definition) is 25. The Morgan fingerprint density at radius 3 is 2.26 bits per heavy atom. The number of carbonyl (C=O) groups is 12. The largest absolute Gasteiger partial charge is 0.495 e. The summed E-state index contributed by atoms with van der Waals surface area (Å²) in [5.74, 6) is -6.74. The number of esters is 1. The van der Waals surface area contributed by atoms with Crippen LogP contribution >= 0.6 is 70.4 Å². The summed E-state index contributed by atoms with van der Waals surface area (Å²) in [6, 6.07) is 1.72. The first kappa shape index (κ1) is 80.1. The van der Waals surface area contributed by atoms with Gasteiger partial charge in [-0.25, -0.2) is 9.59 Å². The van der Waals surface area contributed by atoms with E-state index >= 15 is 0 Å². The van der Waals surface area contributed by atoms with Gasteiger partial charge in [0.05, 0.1) is 62.2 Å². The number of likely N-dealkylation sites (tertiary alicyclic amines) is 2. The lowest BCUT2D eigenvalue weighted by atomic mass is 9.83. The van der Waals surface area contributed by atoms with Crippen LogP contribution in [0.4, 0.5) is 10.5 Å². The number of imide groups is 1. The number of benzene rings is 1. The van der Waals surface area contributed by atoms with Crippen LogP contribution in [0.1, 0.15) is 97.5 Å². The number of ketones is 2. The highest BCUT2D eigenvalue weighted by Crippen LogP contribution is 2.50. The van der Waals surface area contributed by atoms with Gasteiger partial charge in [0.15, 0.2) is 5.72 Å². The van der Waals surface area contributed by atoms with Crippen LogP contribution in [-0.4, -0.2) is 265 Å². The molecule has 4 bridgehead atoms. The third-order valence-corrected chi connectivity index (χ3v) is 26.4. The highest BCUT2D eigenvalue weighted by molar-refractivity contribution is 8.21. The average molecular weight is 1510 g/mol. The molecule has 1 aromatic carbocycles. The van der Waals surface area contributed by atoms with E-state index in [0.717, 1.165) is 39.6 Å². The van der Waals surface area contributed by atoms with Crippen molar-refractivity contribution in [3.8, 4) is 5.75 Å². The Hall–Kier alpha value is -5.62. The molecule has 34 heteroatoms. The topological polar surface area (TPSA) is 370 Å². The fourth-order valence-electron chi connectivity index (χ4n) is 13.0. The van der Waals surface area contributed by atoms with Gasteiger partial charge < -0.3 is 68.5 Å². The van der Waals surface area contributed by atoms with Crippen molar-refractivity contribution in [1.82, 2.24) is 25.3 Å². The molecule has 0 aromatic heterocycles. The summed E-state index contributed by atoms with van der Waals surface area (Å²) in [6.45, 7) is 7.51. The first-order valence-electron chi connectivity index (χ1n) is 33.0. The molecule has 5 unspecified atom stereocenters. The zero-order valence-corrected chi connectivity index (χ0v) is 61.9. The maximum absolute atomic E-state index is 14.4. The van der Waals surface area contributed by atoms with Crippen molar-refractivity contribution in [2.24, 2.45) is 11.8 Å². The number of allylic oxidation sites excluding steroid dienone is 3. The normalized spacial score (nSPS) is 30.5. The summed E-state index contributed by atoms with van der Waals surface area (Å²) in [5, 5.41) is 33.5. The molecule has 0 saturated carbocycles. The summed E-state index contributed by atoms with van der Waals surface area (Å²) in [6.07, 6.45) is 0.506. The van der Waals surface area contributed by atoms with E-state index in [2.05, 4.69) is 10.6 Å². The maximum Gasteiger partial charge on any atom is 0.409 e. The fraction of sp³-hybridized carbons (Fsp3) is 0.667. The number of likely N-dealkylation sites (N-methyl/N-ethyl adjacent to an activating group) is 1. The second-order valence-electron chi connectivity index (χ2n) is 26.0. The van der Waals surface area contributed by atoms with Gasteiger partial charge in [-0.3, -0.25) is 58.2 Å². The Morgan fingerprint density at radius 1 is 0.890 bits per heavy atom. The van der Waals surface area contributed by atoms with Gasteiger partial charge in [0, 0.05) is 114 Å². The van der Waals surface area contributed by atoms with Crippen molar-refractivity contribution >= 4 is 147 Å².